The lowest BCUT2D eigenvalue weighted by atomic mass is 9.86. The average molecular weight is 417 g/mol. The van der Waals surface area contributed by atoms with E-state index in [1.165, 1.54) is 31.0 Å². The molecule has 1 heterocycles. The lowest BCUT2D eigenvalue weighted by Crippen LogP contribution is -2.41. The number of amides is 1. The molecule has 1 aliphatic rings. The molecule has 2 atom stereocenters. The molecule has 1 amide bonds. The van der Waals surface area contributed by atoms with E-state index in [9.17, 15) is 4.79 Å². The van der Waals surface area contributed by atoms with Gasteiger partial charge in [-0.2, -0.15) is 0 Å². The first kappa shape index (κ1) is 21.7. The molecule has 0 radical (unpaired) electrons. The number of ether oxygens (including phenoxy) is 1. The molecule has 3 rings (SSSR count). The van der Waals surface area contributed by atoms with Gasteiger partial charge in [-0.05, 0) is 49.4 Å². The van der Waals surface area contributed by atoms with Crippen LogP contribution in [0.2, 0.25) is 0 Å². The molecule has 0 aliphatic heterocycles. The summed E-state index contributed by atoms with van der Waals surface area (Å²) in [7, 11) is 1.66. The predicted molar refractivity (Wildman–Crippen MR) is 117 cm³/mol. The van der Waals surface area contributed by atoms with E-state index in [0.717, 1.165) is 48.1 Å². The van der Waals surface area contributed by atoms with E-state index in [1.807, 2.05) is 24.3 Å². The Balaban J connectivity index is 1.67. The number of unbranched alkanes of at least 4 members (excludes halogenated alkanes) is 1. The van der Waals surface area contributed by atoms with Crippen LogP contribution < -0.4 is 10.1 Å². The Hall–Kier alpha value is -2.02. The second kappa shape index (κ2) is 10.7. The largest absolute Gasteiger partial charge is 0.497 e. The quantitative estimate of drug-likeness (QED) is 0.608. The van der Waals surface area contributed by atoms with Crippen molar-refractivity contribution >= 4 is 17.7 Å². The topological polar surface area (TPSA) is 69.0 Å². The van der Waals surface area contributed by atoms with Crippen molar-refractivity contribution in [3.05, 3.63) is 24.3 Å². The highest BCUT2D eigenvalue weighted by Gasteiger charge is 2.23. The molecule has 7 heteroatoms. The van der Waals surface area contributed by atoms with Crippen molar-refractivity contribution in [2.45, 2.75) is 70.1 Å². The highest BCUT2D eigenvalue weighted by atomic mass is 32.2. The number of methoxy groups -OCH3 is 1. The van der Waals surface area contributed by atoms with Crippen LogP contribution in [-0.4, -0.2) is 39.6 Å². The molecule has 1 N–H and O–H groups in total. The fourth-order valence-electron chi connectivity index (χ4n) is 3.78. The Labute approximate surface area is 177 Å². The normalized spacial score (nSPS) is 19.1. The van der Waals surface area contributed by atoms with Gasteiger partial charge in [0.25, 0.3) is 0 Å². The lowest BCUT2D eigenvalue weighted by molar-refractivity contribution is -0.119. The van der Waals surface area contributed by atoms with E-state index >= 15 is 0 Å². The van der Waals surface area contributed by atoms with Crippen molar-refractivity contribution < 1.29 is 9.53 Å². The van der Waals surface area contributed by atoms with Crippen molar-refractivity contribution in [3.8, 4) is 17.1 Å². The van der Waals surface area contributed by atoms with Crippen molar-refractivity contribution in [2.24, 2.45) is 5.92 Å². The number of nitrogens with zero attached hydrogens (tertiary/aromatic N) is 3. The third-order valence-corrected chi connectivity index (χ3v) is 6.56. The van der Waals surface area contributed by atoms with Gasteiger partial charge in [-0.3, -0.25) is 4.79 Å². The fraction of sp³-hybridized carbons (Fsp3) is 0.591. The molecule has 2 aromatic rings. The van der Waals surface area contributed by atoms with Crippen LogP contribution in [0.1, 0.15) is 52.4 Å². The summed E-state index contributed by atoms with van der Waals surface area (Å²) >= 11 is 1.47. The highest BCUT2D eigenvalue weighted by Crippen LogP contribution is 2.27. The zero-order valence-corrected chi connectivity index (χ0v) is 18.5. The van der Waals surface area contributed by atoms with E-state index in [-0.39, 0.29) is 5.91 Å². The van der Waals surface area contributed by atoms with Crippen LogP contribution in [0.4, 0.5) is 0 Å². The summed E-state index contributed by atoms with van der Waals surface area (Å²) in [6, 6.07) is 8.16. The molecule has 0 spiro atoms. The minimum absolute atomic E-state index is 0.0878. The van der Waals surface area contributed by atoms with Gasteiger partial charge in [0.2, 0.25) is 5.91 Å². The minimum Gasteiger partial charge on any atom is -0.497 e. The molecular weight excluding hydrogens is 384 g/mol. The van der Waals surface area contributed by atoms with Crippen LogP contribution in [0.5, 0.6) is 5.75 Å². The third-order valence-electron chi connectivity index (χ3n) is 5.59. The Morgan fingerprint density at radius 2 is 2.00 bits per heavy atom. The van der Waals surface area contributed by atoms with Gasteiger partial charge in [-0.1, -0.05) is 44.9 Å². The Bertz CT molecular complexity index is 791. The first-order valence-electron chi connectivity index (χ1n) is 10.6. The number of carbonyl (C=O) groups is 1. The first-order chi connectivity index (χ1) is 14.1. The Morgan fingerprint density at radius 3 is 2.69 bits per heavy atom. The standard InChI is InChI=1S/C22H32N4O2S/c1-4-5-14-26-21(17-10-12-18(28-3)13-11-17)24-25-22(26)29-15-20(27)23-19-9-7-6-8-16(19)2/h10-13,16,19H,4-9,14-15H2,1-3H3,(H,23,27). The molecule has 1 aromatic heterocycles. The predicted octanol–water partition coefficient (Wildman–Crippen LogP) is 4.54. The van der Waals surface area contributed by atoms with Gasteiger partial charge in [-0.15, -0.1) is 10.2 Å². The van der Waals surface area contributed by atoms with Crippen LogP contribution in [0.3, 0.4) is 0 Å². The van der Waals surface area contributed by atoms with Crippen molar-refractivity contribution in [3.63, 3.8) is 0 Å². The summed E-state index contributed by atoms with van der Waals surface area (Å²) < 4.78 is 7.38. The van der Waals surface area contributed by atoms with Gasteiger partial charge < -0.3 is 14.6 Å². The maximum Gasteiger partial charge on any atom is 0.230 e. The Morgan fingerprint density at radius 1 is 1.24 bits per heavy atom. The van der Waals surface area contributed by atoms with Crippen LogP contribution >= 0.6 is 11.8 Å². The molecule has 2 unspecified atom stereocenters. The van der Waals surface area contributed by atoms with Gasteiger partial charge in [0.05, 0.1) is 12.9 Å². The molecule has 0 bridgehead atoms. The maximum atomic E-state index is 12.5. The molecule has 29 heavy (non-hydrogen) atoms. The fourth-order valence-corrected chi connectivity index (χ4v) is 4.55. The minimum atomic E-state index is 0.0878. The highest BCUT2D eigenvalue weighted by molar-refractivity contribution is 7.99. The van der Waals surface area contributed by atoms with Crippen molar-refractivity contribution in [1.82, 2.24) is 20.1 Å². The molecule has 1 aromatic carbocycles. The van der Waals surface area contributed by atoms with Gasteiger partial charge >= 0.3 is 0 Å². The number of aromatic nitrogens is 3. The van der Waals surface area contributed by atoms with E-state index in [4.69, 9.17) is 4.74 Å². The monoisotopic (exact) mass is 416 g/mol. The number of carbonyl (C=O) groups excluding carboxylic acids is 1. The maximum absolute atomic E-state index is 12.5. The number of hydrogen-bond acceptors (Lipinski definition) is 5. The summed E-state index contributed by atoms with van der Waals surface area (Å²) in [6.45, 7) is 5.25. The number of benzene rings is 1. The molecule has 1 aliphatic carbocycles. The van der Waals surface area contributed by atoms with Crippen LogP contribution in [0.25, 0.3) is 11.4 Å². The summed E-state index contributed by atoms with van der Waals surface area (Å²) in [5, 5.41) is 12.8. The summed E-state index contributed by atoms with van der Waals surface area (Å²) in [6.07, 6.45) is 6.90. The summed E-state index contributed by atoms with van der Waals surface area (Å²) in [4.78, 5) is 12.5. The number of nitrogens with one attached hydrogen (secondary N) is 1. The van der Waals surface area contributed by atoms with Crippen molar-refractivity contribution in [2.75, 3.05) is 12.9 Å². The molecule has 6 nitrogen and oxygen atoms in total. The van der Waals surface area contributed by atoms with E-state index < -0.39 is 0 Å². The van der Waals surface area contributed by atoms with Crippen LogP contribution in [-0.2, 0) is 11.3 Å². The van der Waals surface area contributed by atoms with Gasteiger partial charge in [0.1, 0.15) is 5.75 Å². The molecule has 158 valence electrons. The average Bonchev–Trinajstić information content (AvgIpc) is 3.15. The SMILES string of the molecule is CCCCn1c(SCC(=O)NC2CCCCC2C)nnc1-c1ccc(OC)cc1. The third kappa shape index (κ3) is 5.75. The van der Waals surface area contributed by atoms with Gasteiger partial charge in [0, 0.05) is 18.2 Å². The summed E-state index contributed by atoms with van der Waals surface area (Å²) in [5.74, 6) is 2.68. The smallest absolute Gasteiger partial charge is 0.230 e. The second-order valence-corrected chi connectivity index (χ2v) is 8.71. The van der Waals surface area contributed by atoms with E-state index in [2.05, 4.69) is 33.9 Å². The zero-order valence-electron chi connectivity index (χ0n) is 17.7. The second-order valence-electron chi connectivity index (χ2n) is 7.76. The first-order valence-corrected chi connectivity index (χ1v) is 11.6. The summed E-state index contributed by atoms with van der Waals surface area (Å²) in [5.41, 5.74) is 1.00. The van der Waals surface area contributed by atoms with Crippen LogP contribution in [0.15, 0.2) is 29.4 Å². The van der Waals surface area contributed by atoms with Gasteiger partial charge in [0.15, 0.2) is 11.0 Å². The van der Waals surface area contributed by atoms with E-state index in [0.29, 0.717) is 17.7 Å². The number of thioether (sulfide) groups is 1. The Kier molecular flexibility index (Phi) is 7.98. The van der Waals surface area contributed by atoms with Crippen molar-refractivity contribution in [1.29, 1.82) is 0 Å². The van der Waals surface area contributed by atoms with Gasteiger partial charge in [-0.25, -0.2) is 0 Å². The zero-order chi connectivity index (χ0) is 20.6. The number of rotatable bonds is 9. The molecule has 1 fully saturated rings. The molecule has 1 saturated carbocycles. The van der Waals surface area contributed by atoms with E-state index in [1.54, 1.807) is 7.11 Å². The molecule has 0 saturated heterocycles. The lowest BCUT2D eigenvalue weighted by Gasteiger charge is -2.29. The molecular formula is C22H32N4O2S. The number of hydrogen-bond donors (Lipinski definition) is 1. The van der Waals surface area contributed by atoms with Crippen LogP contribution in [0, 0.1) is 5.92 Å².